The van der Waals surface area contributed by atoms with Gasteiger partial charge in [-0.2, -0.15) is 0 Å². The second-order valence-corrected chi connectivity index (χ2v) is 6.35. The number of hydrogen-bond donors (Lipinski definition) is 5. The van der Waals surface area contributed by atoms with Crippen molar-refractivity contribution in [2.24, 2.45) is 11.8 Å². The highest BCUT2D eigenvalue weighted by Gasteiger charge is 2.19. The van der Waals surface area contributed by atoms with E-state index in [1.807, 2.05) is 13.8 Å². The van der Waals surface area contributed by atoms with Gasteiger partial charge in [0, 0.05) is 19.1 Å². The fraction of sp³-hybridized carbons (Fsp3) is 0.588. The molecule has 23 heavy (non-hydrogen) atoms. The summed E-state index contributed by atoms with van der Waals surface area (Å²) in [6, 6.07) is 3.96. The van der Waals surface area contributed by atoms with E-state index in [2.05, 4.69) is 5.32 Å². The molecule has 0 saturated heterocycles. The SMILES string of the molecule is CC(C)CC(CO)NC(=O)CC(CO)Cc1ccc(O)cc1O. The zero-order valence-corrected chi connectivity index (χ0v) is 13.7. The van der Waals surface area contributed by atoms with Gasteiger partial charge in [0.2, 0.25) is 5.91 Å². The van der Waals surface area contributed by atoms with Crippen molar-refractivity contribution in [3.05, 3.63) is 23.8 Å². The molecule has 1 amide bonds. The fourth-order valence-corrected chi connectivity index (χ4v) is 2.53. The minimum Gasteiger partial charge on any atom is -0.508 e. The van der Waals surface area contributed by atoms with Crippen molar-refractivity contribution < 1.29 is 25.2 Å². The molecule has 0 fully saturated rings. The predicted octanol–water partition coefficient (Wildman–Crippen LogP) is 1.16. The second kappa shape index (κ2) is 9.37. The third-order valence-corrected chi connectivity index (χ3v) is 3.65. The Morgan fingerprint density at radius 3 is 2.39 bits per heavy atom. The lowest BCUT2D eigenvalue weighted by atomic mass is 9.95. The van der Waals surface area contributed by atoms with Crippen LogP contribution in [0, 0.1) is 11.8 Å². The number of rotatable bonds is 9. The largest absolute Gasteiger partial charge is 0.508 e. The monoisotopic (exact) mass is 325 g/mol. The standard InChI is InChI=1S/C17H27NO5/c1-11(2)5-14(10-20)18-17(23)7-12(9-19)6-13-3-4-15(21)8-16(13)22/h3-4,8,11-12,14,19-22H,5-7,9-10H2,1-2H3,(H,18,23). The van der Waals surface area contributed by atoms with Crippen LogP contribution < -0.4 is 5.32 Å². The number of aliphatic hydroxyl groups is 2. The van der Waals surface area contributed by atoms with Crippen LogP contribution in [-0.2, 0) is 11.2 Å². The Balaban J connectivity index is 2.59. The van der Waals surface area contributed by atoms with Crippen LogP contribution in [-0.4, -0.2) is 45.6 Å². The van der Waals surface area contributed by atoms with Crippen LogP contribution in [0.5, 0.6) is 11.5 Å². The Kier molecular flexibility index (Phi) is 7.85. The first-order valence-electron chi connectivity index (χ1n) is 7.87. The summed E-state index contributed by atoms with van der Waals surface area (Å²) in [7, 11) is 0. The lowest BCUT2D eigenvalue weighted by Crippen LogP contribution is -2.39. The number of carbonyl (C=O) groups is 1. The van der Waals surface area contributed by atoms with Crippen LogP contribution in [0.1, 0.15) is 32.3 Å². The quantitative estimate of drug-likeness (QED) is 0.468. The smallest absolute Gasteiger partial charge is 0.220 e. The van der Waals surface area contributed by atoms with E-state index in [-0.39, 0.29) is 49.0 Å². The van der Waals surface area contributed by atoms with E-state index in [0.29, 0.717) is 24.3 Å². The maximum Gasteiger partial charge on any atom is 0.220 e. The third kappa shape index (κ3) is 6.88. The molecule has 1 rings (SSSR count). The summed E-state index contributed by atoms with van der Waals surface area (Å²) in [5.41, 5.74) is 0.565. The van der Waals surface area contributed by atoms with Gasteiger partial charge in [0.1, 0.15) is 11.5 Å². The first-order valence-corrected chi connectivity index (χ1v) is 7.87. The Hall–Kier alpha value is -1.79. The second-order valence-electron chi connectivity index (χ2n) is 6.35. The summed E-state index contributed by atoms with van der Waals surface area (Å²) in [4.78, 5) is 12.1. The van der Waals surface area contributed by atoms with E-state index in [1.165, 1.54) is 12.1 Å². The molecule has 0 spiro atoms. The van der Waals surface area contributed by atoms with Gasteiger partial charge in [-0.15, -0.1) is 0 Å². The van der Waals surface area contributed by atoms with E-state index < -0.39 is 0 Å². The minimum absolute atomic E-state index is 0.0379. The summed E-state index contributed by atoms with van der Waals surface area (Å²) in [5, 5.41) is 40.6. The lowest BCUT2D eigenvalue weighted by Gasteiger charge is -2.20. The Bertz CT molecular complexity index is 504. The highest BCUT2D eigenvalue weighted by atomic mass is 16.3. The summed E-state index contributed by atoms with van der Waals surface area (Å²) in [6.45, 7) is 3.71. The minimum atomic E-state index is -0.344. The molecular weight excluding hydrogens is 298 g/mol. The number of carbonyl (C=O) groups excluding carboxylic acids is 1. The van der Waals surface area contributed by atoms with Crippen LogP contribution in [0.3, 0.4) is 0 Å². The maximum atomic E-state index is 12.1. The number of benzene rings is 1. The van der Waals surface area contributed by atoms with Crippen molar-refractivity contribution in [1.82, 2.24) is 5.32 Å². The van der Waals surface area contributed by atoms with Crippen LogP contribution in [0.25, 0.3) is 0 Å². The number of aliphatic hydroxyl groups excluding tert-OH is 2. The fourth-order valence-electron chi connectivity index (χ4n) is 2.53. The molecular formula is C17H27NO5. The molecule has 2 atom stereocenters. The van der Waals surface area contributed by atoms with Crippen molar-refractivity contribution in [3.63, 3.8) is 0 Å². The van der Waals surface area contributed by atoms with Crippen LogP contribution in [0.4, 0.5) is 0 Å². The van der Waals surface area contributed by atoms with E-state index in [4.69, 9.17) is 0 Å². The average molecular weight is 325 g/mol. The van der Waals surface area contributed by atoms with E-state index >= 15 is 0 Å². The average Bonchev–Trinajstić information content (AvgIpc) is 2.47. The van der Waals surface area contributed by atoms with E-state index in [0.717, 1.165) is 0 Å². The molecule has 0 saturated carbocycles. The molecule has 5 N–H and O–H groups in total. The van der Waals surface area contributed by atoms with Crippen LogP contribution in [0.2, 0.25) is 0 Å². The Morgan fingerprint density at radius 1 is 1.17 bits per heavy atom. The summed E-state index contributed by atoms with van der Waals surface area (Å²) < 4.78 is 0. The molecule has 0 bridgehead atoms. The van der Waals surface area contributed by atoms with Crippen molar-refractivity contribution in [1.29, 1.82) is 0 Å². The molecule has 6 nitrogen and oxygen atoms in total. The van der Waals surface area contributed by atoms with Gasteiger partial charge in [-0.3, -0.25) is 4.79 Å². The highest BCUT2D eigenvalue weighted by molar-refractivity contribution is 5.76. The first-order chi connectivity index (χ1) is 10.8. The van der Waals surface area contributed by atoms with Gasteiger partial charge in [-0.1, -0.05) is 19.9 Å². The number of nitrogens with one attached hydrogen (secondary N) is 1. The van der Waals surface area contributed by atoms with E-state index in [9.17, 15) is 25.2 Å². The summed E-state index contributed by atoms with van der Waals surface area (Å²) >= 11 is 0. The molecule has 0 radical (unpaired) electrons. The zero-order valence-electron chi connectivity index (χ0n) is 13.7. The van der Waals surface area contributed by atoms with Gasteiger partial charge >= 0.3 is 0 Å². The third-order valence-electron chi connectivity index (χ3n) is 3.65. The molecule has 130 valence electrons. The molecule has 1 aromatic carbocycles. The van der Waals surface area contributed by atoms with Crippen molar-refractivity contribution in [2.75, 3.05) is 13.2 Å². The molecule has 0 heterocycles. The van der Waals surface area contributed by atoms with Crippen molar-refractivity contribution in [2.45, 2.75) is 39.2 Å². The van der Waals surface area contributed by atoms with Gasteiger partial charge < -0.3 is 25.7 Å². The number of phenols is 2. The number of aromatic hydroxyl groups is 2. The van der Waals surface area contributed by atoms with Gasteiger partial charge in [0.05, 0.1) is 12.6 Å². The maximum absolute atomic E-state index is 12.1. The number of phenolic OH excluding ortho intramolecular Hbond substituents is 2. The molecule has 6 heteroatoms. The van der Waals surface area contributed by atoms with E-state index in [1.54, 1.807) is 6.07 Å². The normalized spacial score (nSPS) is 13.8. The molecule has 2 unspecified atom stereocenters. The molecule has 1 aromatic rings. The predicted molar refractivity (Wildman–Crippen MR) is 87.1 cm³/mol. The molecule has 0 aliphatic heterocycles. The van der Waals surface area contributed by atoms with Crippen LogP contribution >= 0.6 is 0 Å². The molecule has 0 aliphatic carbocycles. The molecule has 0 aliphatic rings. The number of hydrogen-bond acceptors (Lipinski definition) is 5. The van der Waals surface area contributed by atoms with Crippen molar-refractivity contribution >= 4 is 5.91 Å². The van der Waals surface area contributed by atoms with Gasteiger partial charge in [-0.25, -0.2) is 0 Å². The Morgan fingerprint density at radius 2 is 1.87 bits per heavy atom. The van der Waals surface area contributed by atoms with Crippen LogP contribution in [0.15, 0.2) is 18.2 Å². The topological polar surface area (TPSA) is 110 Å². The zero-order chi connectivity index (χ0) is 17.4. The van der Waals surface area contributed by atoms with Gasteiger partial charge in [0.25, 0.3) is 0 Å². The Labute approximate surface area is 136 Å². The molecule has 0 aromatic heterocycles. The van der Waals surface area contributed by atoms with Gasteiger partial charge in [-0.05, 0) is 36.3 Å². The lowest BCUT2D eigenvalue weighted by molar-refractivity contribution is -0.123. The summed E-state index contributed by atoms with van der Waals surface area (Å²) in [5.74, 6) is -0.318. The summed E-state index contributed by atoms with van der Waals surface area (Å²) in [6.07, 6.45) is 1.11. The first kappa shape index (κ1) is 19.3. The van der Waals surface area contributed by atoms with Crippen molar-refractivity contribution in [3.8, 4) is 11.5 Å². The van der Waals surface area contributed by atoms with Gasteiger partial charge in [0.15, 0.2) is 0 Å². The number of amides is 1. The highest BCUT2D eigenvalue weighted by Crippen LogP contribution is 2.25.